The molecule has 0 aliphatic rings. The Labute approximate surface area is 130 Å². The number of hydrogen-bond donors (Lipinski definition) is 0. The minimum atomic E-state index is 0.109. The topological polar surface area (TPSA) is 26.3 Å². The maximum Gasteiger partial charge on any atom is 0.159 e. The van der Waals surface area contributed by atoms with Crippen LogP contribution in [0.2, 0.25) is 0 Å². The normalized spacial score (nSPS) is 10.4. The average Bonchev–Trinajstić information content (AvgIpc) is 2.49. The summed E-state index contributed by atoms with van der Waals surface area (Å²) in [6, 6.07) is 15.8. The van der Waals surface area contributed by atoms with Crippen LogP contribution in [0.4, 0.5) is 0 Å². The molecule has 0 N–H and O–H groups in total. The molecule has 0 atom stereocenters. The summed E-state index contributed by atoms with van der Waals surface area (Å²) in [6.07, 6.45) is 0.994. The first-order valence-electron chi connectivity index (χ1n) is 7.09. The Hall–Kier alpha value is -1.74. The molecule has 0 saturated heterocycles. The molecule has 21 heavy (non-hydrogen) atoms. The number of carbonyl (C=O) groups is 1. The van der Waals surface area contributed by atoms with Crippen LogP contribution >= 0.6 is 11.8 Å². The third kappa shape index (κ3) is 4.94. The summed E-state index contributed by atoms with van der Waals surface area (Å²) in [5, 5.41) is 0. The van der Waals surface area contributed by atoms with E-state index in [0.717, 1.165) is 30.1 Å². The third-order valence-corrected chi connectivity index (χ3v) is 4.27. The molecule has 0 aliphatic carbocycles. The van der Waals surface area contributed by atoms with Gasteiger partial charge in [-0.15, -0.1) is 11.8 Å². The highest BCUT2D eigenvalue weighted by atomic mass is 32.2. The van der Waals surface area contributed by atoms with Crippen molar-refractivity contribution in [3.8, 4) is 5.75 Å². The Kier molecular flexibility index (Phi) is 5.88. The Morgan fingerprint density at radius 1 is 1.10 bits per heavy atom. The van der Waals surface area contributed by atoms with Gasteiger partial charge in [-0.2, -0.15) is 0 Å². The maximum atomic E-state index is 11.2. The number of rotatable bonds is 7. The number of benzene rings is 2. The van der Waals surface area contributed by atoms with Crippen LogP contribution in [0.25, 0.3) is 0 Å². The Morgan fingerprint density at radius 3 is 2.48 bits per heavy atom. The third-order valence-electron chi connectivity index (χ3n) is 3.17. The van der Waals surface area contributed by atoms with Gasteiger partial charge in [0.15, 0.2) is 5.78 Å². The van der Waals surface area contributed by atoms with E-state index >= 15 is 0 Å². The van der Waals surface area contributed by atoms with E-state index in [2.05, 4.69) is 13.0 Å². The van der Waals surface area contributed by atoms with Gasteiger partial charge >= 0.3 is 0 Å². The van der Waals surface area contributed by atoms with Gasteiger partial charge in [-0.1, -0.05) is 30.3 Å². The van der Waals surface area contributed by atoms with Gasteiger partial charge in [-0.05, 0) is 44.0 Å². The second-order valence-corrected chi connectivity index (χ2v) is 6.06. The Morgan fingerprint density at radius 2 is 1.81 bits per heavy atom. The quantitative estimate of drug-likeness (QED) is 0.419. The zero-order valence-electron chi connectivity index (χ0n) is 12.5. The molecule has 0 aliphatic heterocycles. The number of thioether (sulfide) groups is 1. The van der Waals surface area contributed by atoms with Crippen LogP contribution < -0.4 is 4.74 Å². The van der Waals surface area contributed by atoms with Crippen LogP contribution in [0.3, 0.4) is 0 Å². The van der Waals surface area contributed by atoms with Crippen molar-refractivity contribution in [3.63, 3.8) is 0 Å². The highest BCUT2D eigenvalue weighted by Crippen LogP contribution is 2.20. The van der Waals surface area contributed by atoms with E-state index in [9.17, 15) is 4.79 Å². The van der Waals surface area contributed by atoms with Gasteiger partial charge in [0, 0.05) is 16.2 Å². The summed E-state index contributed by atoms with van der Waals surface area (Å²) in [4.78, 5) is 12.4. The van der Waals surface area contributed by atoms with Crippen LogP contribution in [0.5, 0.6) is 5.75 Å². The number of hydrogen-bond acceptors (Lipinski definition) is 3. The number of Topliss-reactive ketones (excluding diaryl/α,β-unsaturated/α-hetero) is 1. The molecular formula is C18H20O2S. The fourth-order valence-electron chi connectivity index (χ4n) is 1.94. The van der Waals surface area contributed by atoms with Crippen LogP contribution in [-0.2, 0) is 0 Å². The number of aryl methyl sites for hydroxylation is 1. The number of para-hydroxylation sites is 1. The highest BCUT2D eigenvalue weighted by molar-refractivity contribution is 7.99. The lowest BCUT2D eigenvalue weighted by atomic mass is 10.2. The van der Waals surface area contributed by atoms with Crippen molar-refractivity contribution in [3.05, 3.63) is 59.7 Å². The lowest BCUT2D eigenvalue weighted by Crippen LogP contribution is -1.99. The van der Waals surface area contributed by atoms with Gasteiger partial charge in [0.05, 0.1) is 6.61 Å². The SMILES string of the molecule is CC(=O)c1ccc(SCCCOc2ccccc2C)cc1. The number of carbonyl (C=O) groups excluding carboxylic acids is 1. The van der Waals surface area contributed by atoms with Crippen molar-refractivity contribution < 1.29 is 9.53 Å². The number of ether oxygens (including phenoxy) is 1. The monoisotopic (exact) mass is 300 g/mol. The fourth-order valence-corrected chi connectivity index (χ4v) is 2.76. The van der Waals surface area contributed by atoms with E-state index in [4.69, 9.17) is 4.74 Å². The smallest absolute Gasteiger partial charge is 0.159 e. The van der Waals surface area contributed by atoms with Gasteiger partial charge in [0.1, 0.15) is 5.75 Å². The van der Waals surface area contributed by atoms with Crippen molar-refractivity contribution in [2.45, 2.75) is 25.2 Å². The van der Waals surface area contributed by atoms with E-state index in [1.54, 1.807) is 18.7 Å². The first-order valence-corrected chi connectivity index (χ1v) is 8.07. The minimum Gasteiger partial charge on any atom is -0.493 e. The molecule has 0 radical (unpaired) electrons. The van der Waals surface area contributed by atoms with Crippen LogP contribution in [-0.4, -0.2) is 18.1 Å². The molecule has 0 unspecified atom stereocenters. The first-order chi connectivity index (χ1) is 10.2. The van der Waals surface area contributed by atoms with Crippen molar-refractivity contribution in [2.75, 3.05) is 12.4 Å². The van der Waals surface area contributed by atoms with E-state index in [-0.39, 0.29) is 5.78 Å². The van der Waals surface area contributed by atoms with E-state index < -0.39 is 0 Å². The zero-order valence-corrected chi connectivity index (χ0v) is 13.3. The van der Waals surface area contributed by atoms with Crippen molar-refractivity contribution >= 4 is 17.5 Å². The molecule has 0 bridgehead atoms. The molecule has 2 nitrogen and oxygen atoms in total. The highest BCUT2D eigenvalue weighted by Gasteiger charge is 2.00. The molecule has 2 aromatic carbocycles. The van der Waals surface area contributed by atoms with Crippen molar-refractivity contribution in [1.82, 2.24) is 0 Å². The lowest BCUT2D eigenvalue weighted by molar-refractivity contribution is 0.101. The first kappa shape index (κ1) is 15.6. The van der Waals surface area contributed by atoms with Gasteiger partial charge in [0.25, 0.3) is 0 Å². The Bertz CT molecular complexity index is 590. The van der Waals surface area contributed by atoms with Gasteiger partial charge < -0.3 is 4.74 Å². The van der Waals surface area contributed by atoms with Crippen molar-refractivity contribution in [1.29, 1.82) is 0 Å². The minimum absolute atomic E-state index is 0.109. The molecule has 2 aromatic rings. The van der Waals surface area contributed by atoms with Gasteiger partial charge in [-0.3, -0.25) is 4.79 Å². The molecule has 0 saturated carbocycles. The summed E-state index contributed by atoms with van der Waals surface area (Å²) in [5.41, 5.74) is 1.94. The largest absolute Gasteiger partial charge is 0.493 e. The van der Waals surface area contributed by atoms with Crippen LogP contribution in [0.15, 0.2) is 53.4 Å². The summed E-state index contributed by atoms with van der Waals surface area (Å²) in [5.74, 6) is 2.08. The summed E-state index contributed by atoms with van der Waals surface area (Å²) >= 11 is 1.79. The molecule has 2 rings (SSSR count). The molecule has 0 amide bonds. The molecule has 0 aromatic heterocycles. The lowest BCUT2D eigenvalue weighted by Gasteiger charge is -2.08. The van der Waals surface area contributed by atoms with Crippen molar-refractivity contribution in [2.24, 2.45) is 0 Å². The van der Waals surface area contributed by atoms with E-state index in [1.807, 2.05) is 42.5 Å². The maximum absolute atomic E-state index is 11.2. The average molecular weight is 300 g/mol. The van der Waals surface area contributed by atoms with Gasteiger partial charge in [-0.25, -0.2) is 0 Å². The van der Waals surface area contributed by atoms with E-state index in [0.29, 0.717) is 0 Å². The molecule has 0 fully saturated rings. The predicted octanol–water partition coefficient (Wildman–Crippen LogP) is 4.76. The second-order valence-electron chi connectivity index (χ2n) is 4.90. The number of ketones is 1. The van der Waals surface area contributed by atoms with E-state index in [1.165, 1.54) is 10.5 Å². The van der Waals surface area contributed by atoms with Gasteiger partial charge in [0.2, 0.25) is 0 Å². The molecule has 3 heteroatoms. The molecular weight excluding hydrogens is 280 g/mol. The Balaban J connectivity index is 1.70. The zero-order chi connectivity index (χ0) is 15.1. The molecule has 0 heterocycles. The molecule has 0 spiro atoms. The van der Waals surface area contributed by atoms with Crippen LogP contribution in [0, 0.1) is 6.92 Å². The summed E-state index contributed by atoms with van der Waals surface area (Å²) < 4.78 is 5.77. The fraction of sp³-hybridized carbons (Fsp3) is 0.278. The van der Waals surface area contributed by atoms with Crippen LogP contribution in [0.1, 0.15) is 29.3 Å². The second kappa shape index (κ2) is 7.89. The summed E-state index contributed by atoms with van der Waals surface area (Å²) in [6.45, 7) is 4.37. The summed E-state index contributed by atoms with van der Waals surface area (Å²) in [7, 11) is 0. The molecule has 110 valence electrons. The predicted molar refractivity (Wildman–Crippen MR) is 88.5 cm³/mol. The standard InChI is InChI=1S/C18H20O2S/c1-14-6-3-4-7-18(14)20-12-5-13-21-17-10-8-16(9-11-17)15(2)19/h3-4,6-11H,5,12-13H2,1-2H3.